The SMILES string of the molecule is O=C(NC12CC3CC(CC(C3)C1)C2)N1CCc2ncncc2C1. The zero-order valence-corrected chi connectivity index (χ0v) is 13.5. The normalized spacial score (nSPS) is 37.6. The van der Waals surface area contributed by atoms with Crippen molar-refractivity contribution in [2.75, 3.05) is 6.54 Å². The second kappa shape index (κ2) is 4.92. The Bertz CT molecular complexity index is 608. The predicted molar refractivity (Wildman–Crippen MR) is 85.6 cm³/mol. The summed E-state index contributed by atoms with van der Waals surface area (Å²) in [5.74, 6) is 2.58. The van der Waals surface area contributed by atoms with E-state index in [2.05, 4.69) is 15.3 Å². The van der Waals surface area contributed by atoms with E-state index in [-0.39, 0.29) is 11.6 Å². The Balaban J connectivity index is 1.31. The standard InChI is InChI=1S/C18H24N4O/c23-17(22-2-1-16-15(10-22)9-19-11-20-16)21-18-6-12-3-13(7-18)5-14(4-12)8-18/h9,11-14H,1-8,10H2,(H,21,23). The summed E-state index contributed by atoms with van der Waals surface area (Å²) in [4.78, 5) is 23.2. The van der Waals surface area contributed by atoms with Crippen molar-refractivity contribution in [3.63, 3.8) is 0 Å². The quantitative estimate of drug-likeness (QED) is 0.867. The van der Waals surface area contributed by atoms with E-state index in [0.29, 0.717) is 6.54 Å². The van der Waals surface area contributed by atoms with Crippen molar-refractivity contribution in [1.82, 2.24) is 20.2 Å². The highest BCUT2D eigenvalue weighted by Gasteiger charge is 2.51. The molecule has 1 N–H and O–H groups in total. The van der Waals surface area contributed by atoms with E-state index >= 15 is 0 Å². The maximum atomic E-state index is 12.9. The van der Waals surface area contributed by atoms with Gasteiger partial charge in [0.2, 0.25) is 0 Å². The Kier molecular flexibility index (Phi) is 2.94. The summed E-state index contributed by atoms with van der Waals surface area (Å²) in [6.07, 6.45) is 12.1. The number of carbonyl (C=O) groups is 1. The van der Waals surface area contributed by atoms with Crippen molar-refractivity contribution < 1.29 is 4.79 Å². The van der Waals surface area contributed by atoms with Crippen LogP contribution >= 0.6 is 0 Å². The molecule has 4 fully saturated rings. The van der Waals surface area contributed by atoms with Gasteiger partial charge in [0.15, 0.2) is 0 Å². The molecule has 0 atom stereocenters. The first-order valence-corrected chi connectivity index (χ1v) is 9.04. The molecule has 0 aromatic carbocycles. The molecule has 0 saturated heterocycles. The first kappa shape index (κ1) is 13.8. The summed E-state index contributed by atoms with van der Waals surface area (Å²) in [5, 5.41) is 3.47. The summed E-state index contributed by atoms with van der Waals surface area (Å²) in [5.41, 5.74) is 2.29. The molecule has 6 rings (SSSR count). The molecule has 2 heterocycles. The van der Waals surface area contributed by atoms with Gasteiger partial charge in [-0.15, -0.1) is 0 Å². The summed E-state index contributed by atoms with van der Waals surface area (Å²) >= 11 is 0. The fourth-order valence-electron chi connectivity index (χ4n) is 6.01. The molecule has 4 aliphatic carbocycles. The van der Waals surface area contributed by atoms with Crippen LogP contribution in [0.3, 0.4) is 0 Å². The highest BCUT2D eigenvalue weighted by Crippen LogP contribution is 2.55. The number of hydrogen-bond donors (Lipinski definition) is 1. The topological polar surface area (TPSA) is 58.1 Å². The fraction of sp³-hybridized carbons (Fsp3) is 0.722. The smallest absolute Gasteiger partial charge is 0.318 e. The number of nitrogens with one attached hydrogen (secondary N) is 1. The van der Waals surface area contributed by atoms with Crippen LogP contribution < -0.4 is 5.32 Å². The van der Waals surface area contributed by atoms with Crippen LogP contribution in [-0.4, -0.2) is 33.0 Å². The highest BCUT2D eigenvalue weighted by molar-refractivity contribution is 5.75. The predicted octanol–water partition coefficient (Wildman–Crippen LogP) is 2.51. The van der Waals surface area contributed by atoms with Crippen LogP contribution in [0.4, 0.5) is 4.79 Å². The molecular weight excluding hydrogens is 288 g/mol. The molecule has 2 amide bonds. The van der Waals surface area contributed by atoms with Gasteiger partial charge in [-0.25, -0.2) is 14.8 Å². The number of nitrogens with zero attached hydrogens (tertiary/aromatic N) is 3. The zero-order chi connectivity index (χ0) is 15.4. The van der Waals surface area contributed by atoms with E-state index in [1.54, 1.807) is 6.33 Å². The van der Waals surface area contributed by atoms with Gasteiger partial charge in [0.05, 0.1) is 12.2 Å². The summed E-state index contributed by atoms with van der Waals surface area (Å²) in [7, 11) is 0. The van der Waals surface area contributed by atoms with Crippen LogP contribution in [-0.2, 0) is 13.0 Å². The Morgan fingerprint density at radius 3 is 2.57 bits per heavy atom. The van der Waals surface area contributed by atoms with E-state index < -0.39 is 0 Å². The van der Waals surface area contributed by atoms with Gasteiger partial charge in [-0.1, -0.05) is 0 Å². The minimum Gasteiger partial charge on any atom is -0.333 e. The van der Waals surface area contributed by atoms with Crippen LogP contribution in [0.25, 0.3) is 0 Å². The third-order valence-corrected chi connectivity index (χ3v) is 6.56. The second-order valence-electron chi connectivity index (χ2n) is 8.29. The first-order chi connectivity index (χ1) is 11.2. The lowest BCUT2D eigenvalue weighted by Crippen LogP contribution is -2.62. The Morgan fingerprint density at radius 2 is 1.87 bits per heavy atom. The maximum absolute atomic E-state index is 12.9. The lowest BCUT2D eigenvalue weighted by atomic mass is 9.53. The molecule has 23 heavy (non-hydrogen) atoms. The van der Waals surface area contributed by atoms with Gasteiger partial charge < -0.3 is 10.2 Å². The Morgan fingerprint density at radius 1 is 1.17 bits per heavy atom. The molecular formula is C18H24N4O. The van der Waals surface area contributed by atoms with E-state index in [0.717, 1.165) is 42.0 Å². The number of aromatic nitrogens is 2. The first-order valence-electron chi connectivity index (χ1n) is 9.04. The third-order valence-electron chi connectivity index (χ3n) is 6.56. The van der Waals surface area contributed by atoms with Crippen LogP contribution in [0.2, 0.25) is 0 Å². The largest absolute Gasteiger partial charge is 0.333 e. The number of urea groups is 1. The lowest BCUT2D eigenvalue weighted by Gasteiger charge is -2.57. The monoisotopic (exact) mass is 312 g/mol. The summed E-state index contributed by atoms with van der Waals surface area (Å²) < 4.78 is 0. The minimum absolute atomic E-state index is 0.0965. The van der Waals surface area contributed by atoms with Gasteiger partial charge in [0.25, 0.3) is 0 Å². The fourth-order valence-corrected chi connectivity index (χ4v) is 6.01. The minimum atomic E-state index is 0.0965. The van der Waals surface area contributed by atoms with Crippen molar-refractivity contribution in [2.45, 2.75) is 57.0 Å². The number of amides is 2. The molecule has 5 aliphatic rings. The zero-order valence-electron chi connectivity index (χ0n) is 13.5. The molecule has 0 radical (unpaired) electrons. The Labute approximate surface area is 136 Å². The second-order valence-corrected chi connectivity index (χ2v) is 8.29. The maximum Gasteiger partial charge on any atom is 0.318 e. The molecule has 1 aromatic rings. The van der Waals surface area contributed by atoms with E-state index in [9.17, 15) is 4.79 Å². The molecule has 5 heteroatoms. The van der Waals surface area contributed by atoms with Crippen molar-refractivity contribution in [3.05, 3.63) is 23.8 Å². The van der Waals surface area contributed by atoms with Gasteiger partial charge in [-0.3, -0.25) is 0 Å². The number of rotatable bonds is 1. The molecule has 5 nitrogen and oxygen atoms in total. The molecule has 0 spiro atoms. The van der Waals surface area contributed by atoms with E-state index in [4.69, 9.17) is 0 Å². The van der Waals surface area contributed by atoms with Gasteiger partial charge in [-0.2, -0.15) is 0 Å². The summed E-state index contributed by atoms with van der Waals surface area (Å²) in [6.45, 7) is 1.41. The van der Waals surface area contributed by atoms with Gasteiger partial charge in [0.1, 0.15) is 6.33 Å². The number of hydrogen-bond acceptors (Lipinski definition) is 3. The van der Waals surface area contributed by atoms with Crippen LogP contribution in [0, 0.1) is 17.8 Å². The van der Waals surface area contributed by atoms with E-state index in [1.165, 1.54) is 38.5 Å². The average molecular weight is 312 g/mol. The van der Waals surface area contributed by atoms with Gasteiger partial charge >= 0.3 is 6.03 Å². The summed E-state index contributed by atoms with van der Waals surface area (Å²) in [6, 6.07) is 0.126. The van der Waals surface area contributed by atoms with Crippen LogP contribution in [0.1, 0.15) is 49.8 Å². The van der Waals surface area contributed by atoms with Crippen LogP contribution in [0.5, 0.6) is 0 Å². The number of fused-ring (bicyclic) bond motifs is 1. The third kappa shape index (κ3) is 2.32. The van der Waals surface area contributed by atoms with Crippen LogP contribution in [0.15, 0.2) is 12.5 Å². The van der Waals surface area contributed by atoms with Gasteiger partial charge in [-0.05, 0) is 56.3 Å². The Hall–Kier alpha value is -1.65. The molecule has 4 bridgehead atoms. The average Bonchev–Trinajstić information content (AvgIpc) is 2.52. The number of carbonyl (C=O) groups excluding carboxylic acids is 1. The molecule has 4 saturated carbocycles. The highest BCUT2D eigenvalue weighted by atomic mass is 16.2. The van der Waals surface area contributed by atoms with E-state index in [1.807, 2.05) is 11.1 Å². The van der Waals surface area contributed by atoms with Crippen molar-refractivity contribution in [3.8, 4) is 0 Å². The molecule has 1 aromatic heterocycles. The van der Waals surface area contributed by atoms with Gasteiger partial charge in [0, 0.05) is 30.3 Å². The van der Waals surface area contributed by atoms with Crippen molar-refractivity contribution in [1.29, 1.82) is 0 Å². The molecule has 1 aliphatic heterocycles. The van der Waals surface area contributed by atoms with Crippen molar-refractivity contribution >= 4 is 6.03 Å². The lowest BCUT2D eigenvalue weighted by molar-refractivity contribution is -0.0159. The molecule has 0 unspecified atom stereocenters. The molecule has 122 valence electrons. The van der Waals surface area contributed by atoms with Crippen molar-refractivity contribution in [2.24, 2.45) is 17.8 Å².